The van der Waals surface area contributed by atoms with Gasteiger partial charge in [0.05, 0.1) is 19.3 Å². The van der Waals surface area contributed by atoms with Crippen molar-refractivity contribution in [3.05, 3.63) is 71.8 Å². The van der Waals surface area contributed by atoms with Crippen LogP contribution in [-0.2, 0) is 6.42 Å². The highest BCUT2D eigenvalue weighted by atomic mass is 16.5. The van der Waals surface area contributed by atoms with Crippen LogP contribution in [-0.4, -0.2) is 25.1 Å². The third-order valence-corrected chi connectivity index (χ3v) is 4.07. The van der Waals surface area contributed by atoms with Crippen LogP contribution in [0.1, 0.15) is 49.2 Å². The second-order valence-corrected chi connectivity index (χ2v) is 7.25. The van der Waals surface area contributed by atoms with Gasteiger partial charge in [0.1, 0.15) is 17.2 Å². The third kappa shape index (κ3) is 6.53. The summed E-state index contributed by atoms with van der Waals surface area (Å²) in [6.07, 6.45) is 5.85. The molecule has 29 heavy (non-hydrogen) atoms. The summed E-state index contributed by atoms with van der Waals surface area (Å²) in [5, 5.41) is 0. The van der Waals surface area contributed by atoms with Crippen LogP contribution in [0.2, 0.25) is 0 Å². The number of hydrogen-bond acceptors (Lipinski definition) is 4. The molecule has 154 valence electrons. The lowest BCUT2D eigenvalue weighted by molar-refractivity contribution is 0.104. The number of benzene rings is 2. The average Bonchev–Trinajstić information content (AvgIpc) is 2.67. The van der Waals surface area contributed by atoms with E-state index in [1.165, 1.54) is 0 Å². The first-order valence-corrected chi connectivity index (χ1v) is 9.81. The second kappa shape index (κ2) is 10.5. The first kappa shape index (κ1) is 22.3. The summed E-state index contributed by atoms with van der Waals surface area (Å²) in [5.74, 6) is 2.12. The minimum atomic E-state index is -0.0829. The van der Waals surface area contributed by atoms with E-state index in [4.69, 9.17) is 14.2 Å². The molecule has 0 saturated heterocycles. The van der Waals surface area contributed by atoms with Crippen LogP contribution in [0.5, 0.6) is 17.2 Å². The zero-order valence-corrected chi connectivity index (χ0v) is 17.9. The first-order chi connectivity index (χ1) is 13.8. The quantitative estimate of drug-likeness (QED) is 0.286. The van der Waals surface area contributed by atoms with Crippen LogP contribution < -0.4 is 14.2 Å². The summed E-state index contributed by atoms with van der Waals surface area (Å²) in [6.45, 7) is 11.8. The maximum Gasteiger partial charge on any atom is 0.185 e. The molecule has 0 aliphatic carbocycles. The minimum absolute atomic E-state index is 0.0191. The standard InChI is InChI=1S/C25H30O4/c1-7-8-22-24(28-17(2)3)15-19(16-25(22)29-18(4)5)9-14-23(26)20-10-12-21(27-6)13-11-20/h7,9-18H,1,8H2,2-6H3/b14-9+. The van der Waals surface area contributed by atoms with E-state index in [1.807, 2.05) is 45.9 Å². The predicted octanol–water partition coefficient (Wildman–Crippen LogP) is 5.89. The molecule has 2 rings (SSSR count). The highest BCUT2D eigenvalue weighted by molar-refractivity contribution is 6.06. The van der Waals surface area contributed by atoms with Gasteiger partial charge < -0.3 is 14.2 Å². The number of carbonyl (C=O) groups excluding carboxylic acids is 1. The molecule has 0 N–H and O–H groups in total. The van der Waals surface area contributed by atoms with Crippen molar-refractivity contribution in [2.24, 2.45) is 0 Å². The van der Waals surface area contributed by atoms with Crippen LogP contribution >= 0.6 is 0 Å². The summed E-state index contributed by atoms with van der Waals surface area (Å²) in [4.78, 5) is 12.5. The van der Waals surface area contributed by atoms with Gasteiger partial charge in [0.25, 0.3) is 0 Å². The Bertz CT molecular complexity index is 830. The number of allylic oxidation sites excluding steroid dienone is 2. The zero-order valence-electron chi connectivity index (χ0n) is 17.9. The molecule has 0 saturated carbocycles. The highest BCUT2D eigenvalue weighted by Crippen LogP contribution is 2.33. The van der Waals surface area contributed by atoms with E-state index < -0.39 is 0 Å². The fourth-order valence-corrected chi connectivity index (χ4v) is 2.82. The van der Waals surface area contributed by atoms with Gasteiger partial charge in [-0.1, -0.05) is 12.2 Å². The van der Waals surface area contributed by atoms with Crippen molar-refractivity contribution >= 4 is 11.9 Å². The monoisotopic (exact) mass is 394 g/mol. The molecule has 0 aliphatic rings. The molecule has 0 unspecified atom stereocenters. The zero-order chi connectivity index (χ0) is 21.4. The van der Waals surface area contributed by atoms with Crippen molar-refractivity contribution in [2.45, 2.75) is 46.3 Å². The van der Waals surface area contributed by atoms with Crippen LogP contribution in [0.25, 0.3) is 6.08 Å². The van der Waals surface area contributed by atoms with E-state index in [-0.39, 0.29) is 18.0 Å². The number of hydrogen-bond donors (Lipinski definition) is 0. The molecule has 4 heteroatoms. The number of rotatable bonds is 10. The molecular formula is C25H30O4. The number of methoxy groups -OCH3 is 1. The van der Waals surface area contributed by atoms with Gasteiger partial charge in [-0.15, -0.1) is 6.58 Å². The highest BCUT2D eigenvalue weighted by Gasteiger charge is 2.14. The van der Waals surface area contributed by atoms with Crippen LogP contribution in [0, 0.1) is 0 Å². The van der Waals surface area contributed by atoms with E-state index in [2.05, 4.69) is 6.58 Å². The van der Waals surface area contributed by atoms with E-state index >= 15 is 0 Å². The number of ketones is 1. The fourth-order valence-electron chi connectivity index (χ4n) is 2.82. The maximum absolute atomic E-state index is 12.5. The second-order valence-electron chi connectivity index (χ2n) is 7.25. The summed E-state index contributed by atoms with van der Waals surface area (Å²) in [5.41, 5.74) is 2.40. The maximum atomic E-state index is 12.5. The van der Waals surface area contributed by atoms with Crippen molar-refractivity contribution in [2.75, 3.05) is 7.11 Å². The summed E-state index contributed by atoms with van der Waals surface area (Å²) in [7, 11) is 1.60. The Morgan fingerprint density at radius 2 is 1.55 bits per heavy atom. The predicted molar refractivity (Wildman–Crippen MR) is 118 cm³/mol. The van der Waals surface area contributed by atoms with Gasteiger partial charge in [0.2, 0.25) is 0 Å². The average molecular weight is 395 g/mol. The van der Waals surface area contributed by atoms with Gasteiger partial charge in [-0.3, -0.25) is 4.79 Å². The SMILES string of the molecule is C=CCc1c(OC(C)C)cc(/C=C/C(=O)c2ccc(OC)cc2)cc1OC(C)C. The molecule has 0 atom stereocenters. The Hall–Kier alpha value is -3.01. The summed E-state index contributed by atoms with van der Waals surface area (Å²) in [6, 6.07) is 10.9. The summed E-state index contributed by atoms with van der Waals surface area (Å²) >= 11 is 0. The fraction of sp³-hybridized carbons (Fsp3) is 0.320. The Labute approximate surface area is 173 Å². The molecule has 0 heterocycles. The molecule has 0 fully saturated rings. The van der Waals surface area contributed by atoms with E-state index in [9.17, 15) is 4.79 Å². The lowest BCUT2D eigenvalue weighted by Crippen LogP contribution is -2.11. The van der Waals surface area contributed by atoms with E-state index in [1.54, 1.807) is 43.5 Å². The van der Waals surface area contributed by atoms with Gasteiger partial charge in [0.15, 0.2) is 5.78 Å². The summed E-state index contributed by atoms with van der Waals surface area (Å²) < 4.78 is 17.2. The molecule has 0 spiro atoms. The van der Waals surface area contributed by atoms with Crippen LogP contribution in [0.4, 0.5) is 0 Å². The molecule has 2 aromatic rings. The molecule has 0 bridgehead atoms. The Balaban J connectivity index is 2.37. The largest absolute Gasteiger partial charge is 0.497 e. The van der Waals surface area contributed by atoms with Gasteiger partial charge in [-0.2, -0.15) is 0 Å². The minimum Gasteiger partial charge on any atom is -0.497 e. The smallest absolute Gasteiger partial charge is 0.185 e. The van der Waals surface area contributed by atoms with Crippen molar-refractivity contribution in [3.8, 4) is 17.2 Å². The molecule has 0 radical (unpaired) electrons. The lowest BCUT2D eigenvalue weighted by atomic mass is 10.0. The molecular weight excluding hydrogens is 364 g/mol. The Morgan fingerprint density at radius 3 is 2.00 bits per heavy atom. The van der Waals surface area contributed by atoms with Crippen LogP contribution in [0.3, 0.4) is 0 Å². The molecule has 0 amide bonds. The van der Waals surface area contributed by atoms with Crippen molar-refractivity contribution in [3.63, 3.8) is 0 Å². The molecule has 0 aliphatic heterocycles. The Morgan fingerprint density at radius 1 is 1.00 bits per heavy atom. The van der Waals surface area contributed by atoms with E-state index in [0.717, 1.165) is 22.6 Å². The van der Waals surface area contributed by atoms with Crippen molar-refractivity contribution in [1.29, 1.82) is 0 Å². The topological polar surface area (TPSA) is 44.8 Å². The molecule has 2 aromatic carbocycles. The van der Waals surface area contributed by atoms with Crippen molar-refractivity contribution in [1.82, 2.24) is 0 Å². The van der Waals surface area contributed by atoms with Crippen LogP contribution in [0.15, 0.2) is 55.1 Å². The molecule has 0 aromatic heterocycles. The van der Waals surface area contributed by atoms with Crippen molar-refractivity contribution < 1.29 is 19.0 Å². The van der Waals surface area contributed by atoms with Gasteiger partial charge in [-0.25, -0.2) is 0 Å². The van der Waals surface area contributed by atoms with E-state index in [0.29, 0.717) is 17.7 Å². The molecule has 4 nitrogen and oxygen atoms in total. The number of carbonyl (C=O) groups is 1. The normalized spacial score (nSPS) is 11.1. The van der Waals surface area contributed by atoms with Gasteiger partial charge >= 0.3 is 0 Å². The third-order valence-electron chi connectivity index (χ3n) is 4.07. The first-order valence-electron chi connectivity index (χ1n) is 9.81. The number of ether oxygens (including phenoxy) is 3. The van der Waals surface area contributed by atoms with Gasteiger partial charge in [0, 0.05) is 11.1 Å². The lowest BCUT2D eigenvalue weighted by Gasteiger charge is -2.20. The van der Waals surface area contributed by atoms with Gasteiger partial charge in [-0.05, 0) is 82.2 Å². The Kier molecular flexibility index (Phi) is 8.08.